The maximum atomic E-state index is 11.6. The molecule has 0 radical (unpaired) electrons. The number of fused-ring (bicyclic) bond motifs is 2. The van der Waals surface area contributed by atoms with Gasteiger partial charge in [0.15, 0.2) is 0 Å². The van der Waals surface area contributed by atoms with E-state index in [2.05, 4.69) is 21.3 Å². The highest BCUT2D eigenvalue weighted by molar-refractivity contribution is 5.93. The highest BCUT2D eigenvalue weighted by Crippen LogP contribution is 2.36. The molecule has 0 spiro atoms. The van der Waals surface area contributed by atoms with E-state index in [9.17, 15) is 19.2 Å². The second-order valence-electron chi connectivity index (χ2n) is 8.79. The Morgan fingerprint density at radius 3 is 1.85 bits per heavy atom. The van der Waals surface area contributed by atoms with Crippen LogP contribution < -0.4 is 21.3 Å². The average molecular weight is 483 g/mol. The lowest BCUT2D eigenvalue weighted by atomic mass is 10.0. The topological polar surface area (TPSA) is 182 Å². The predicted molar refractivity (Wildman–Crippen MR) is 119 cm³/mol. The van der Waals surface area contributed by atoms with E-state index >= 15 is 0 Å². The molecule has 34 heavy (non-hydrogen) atoms. The third-order valence-electron chi connectivity index (χ3n) is 6.05. The van der Waals surface area contributed by atoms with Crippen molar-refractivity contribution >= 4 is 23.8 Å². The van der Waals surface area contributed by atoms with Gasteiger partial charge in [0, 0.05) is 43.7 Å². The Bertz CT molecular complexity index is 776. The van der Waals surface area contributed by atoms with Crippen LogP contribution in [0.1, 0.15) is 51.4 Å². The number of hydrogen-bond acceptors (Lipinski definition) is 8. The van der Waals surface area contributed by atoms with E-state index in [0.29, 0.717) is 13.1 Å². The SMILES string of the molecule is O=C(O)C=CC(=O)NCCCCC1NC2OC2C(CCCCNC(=O)CCC(=O)O)NC2OC12. The highest BCUT2D eigenvalue weighted by atomic mass is 16.6. The molecular weight excluding hydrogens is 448 g/mol. The second-order valence-corrected chi connectivity index (χ2v) is 8.79. The van der Waals surface area contributed by atoms with Crippen LogP contribution >= 0.6 is 0 Å². The van der Waals surface area contributed by atoms with Crippen molar-refractivity contribution in [3.8, 4) is 0 Å². The fourth-order valence-electron chi connectivity index (χ4n) is 4.17. The van der Waals surface area contributed by atoms with Gasteiger partial charge in [0.1, 0.15) is 24.7 Å². The molecule has 3 saturated heterocycles. The summed E-state index contributed by atoms with van der Waals surface area (Å²) in [5, 5.41) is 29.6. The van der Waals surface area contributed by atoms with E-state index < -0.39 is 17.8 Å². The van der Waals surface area contributed by atoms with Crippen molar-refractivity contribution in [3.63, 3.8) is 0 Å². The summed E-state index contributed by atoms with van der Waals surface area (Å²) in [7, 11) is 0. The maximum absolute atomic E-state index is 11.6. The van der Waals surface area contributed by atoms with Gasteiger partial charge in [-0.05, 0) is 25.7 Å². The molecule has 0 aromatic heterocycles. The lowest BCUT2D eigenvalue weighted by Gasteiger charge is -2.21. The van der Waals surface area contributed by atoms with Gasteiger partial charge in [-0.25, -0.2) is 4.79 Å². The molecule has 12 heteroatoms. The van der Waals surface area contributed by atoms with Crippen LogP contribution in [0.4, 0.5) is 0 Å². The Morgan fingerprint density at radius 2 is 1.32 bits per heavy atom. The maximum Gasteiger partial charge on any atom is 0.328 e. The molecular formula is C22H34N4O8. The Balaban J connectivity index is 1.27. The van der Waals surface area contributed by atoms with E-state index in [1.807, 2.05) is 0 Å². The summed E-state index contributed by atoms with van der Waals surface area (Å²) in [6.07, 6.45) is 6.94. The molecule has 12 nitrogen and oxygen atoms in total. The number of hydrogen-bond donors (Lipinski definition) is 6. The Labute approximate surface area is 197 Å². The normalized spacial score (nSPS) is 29.3. The van der Waals surface area contributed by atoms with Gasteiger partial charge in [0.25, 0.3) is 0 Å². The minimum atomic E-state index is -1.15. The number of unbranched alkanes of at least 4 members (excludes halogenated alkanes) is 2. The second kappa shape index (κ2) is 12.8. The number of rotatable bonds is 15. The molecule has 0 bridgehead atoms. The summed E-state index contributed by atoms with van der Waals surface area (Å²) in [5.41, 5.74) is 0. The van der Waals surface area contributed by atoms with Gasteiger partial charge in [-0.15, -0.1) is 0 Å². The van der Waals surface area contributed by atoms with Crippen LogP contribution in [0.15, 0.2) is 12.2 Å². The summed E-state index contributed by atoms with van der Waals surface area (Å²) < 4.78 is 11.7. The molecule has 3 heterocycles. The van der Waals surface area contributed by atoms with Gasteiger partial charge < -0.3 is 30.3 Å². The van der Waals surface area contributed by atoms with E-state index in [1.165, 1.54) is 0 Å². The molecule has 0 saturated carbocycles. The molecule has 3 aliphatic rings. The van der Waals surface area contributed by atoms with Gasteiger partial charge >= 0.3 is 11.9 Å². The Kier molecular flexibility index (Phi) is 9.81. The van der Waals surface area contributed by atoms with Crippen LogP contribution in [0.25, 0.3) is 0 Å². The van der Waals surface area contributed by atoms with Crippen molar-refractivity contribution in [2.45, 2.75) is 88.1 Å². The van der Waals surface area contributed by atoms with E-state index in [0.717, 1.165) is 50.7 Å². The Hall–Kier alpha value is -2.54. The fraction of sp³-hybridized carbons (Fsp3) is 0.727. The van der Waals surface area contributed by atoms with Crippen molar-refractivity contribution in [3.05, 3.63) is 12.2 Å². The van der Waals surface area contributed by atoms with Crippen molar-refractivity contribution in [2.24, 2.45) is 0 Å². The fourth-order valence-corrected chi connectivity index (χ4v) is 4.17. The monoisotopic (exact) mass is 482 g/mol. The number of carbonyl (C=O) groups excluding carboxylic acids is 2. The zero-order valence-corrected chi connectivity index (χ0v) is 19.0. The van der Waals surface area contributed by atoms with Gasteiger partial charge in [0.2, 0.25) is 11.8 Å². The molecule has 3 fully saturated rings. The van der Waals surface area contributed by atoms with Gasteiger partial charge in [-0.1, -0.05) is 12.8 Å². The summed E-state index contributed by atoms with van der Waals surface area (Å²) in [4.78, 5) is 43.9. The van der Waals surface area contributed by atoms with Gasteiger partial charge in [-0.3, -0.25) is 25.0 Å². The number of carboxylic acid groups (broad SMARTS) is 2. The number of carbonyl (C=O) groups is 4. The van der Waals surface area contributed by atoms with Crippen molar-refractivity contribution < 1.29 is 38.9 Å². The highest BCUT2D eigenvalue weighted by Gasteiger charge is 2.55. The summed E-state index contributed by atoms with van der Waals surface area (Å²) >= 11 is 0. The van der Waals surface area contributed by atoms with Crippen LogP contribution in [0, 0.1) is 0 Å². The first-order valence-corrected chi connectivity index (χ1v) is 11.8. The van der Waals surface area contributed by atoms with Crippen molar-refractivity contribution in [1.82, 2.24) is 21.3 Å². The third kappa shape index (κ3) is 9.01. The summed E-state index contributed by atoms with van der Waals surface area (Å²) in [5.74, 6) is -2.78. The van der Waals surface area contributed by atoms with Gasteiger partial charge in [0.05, 0.1) is 6.42 Å². The Morgan fingerprint density at radius 1 is 0.765 bits per heavy atom. The lowest BCUT2D eigenvalue weighted by Crippen LogP contribution is -2.48. The summed E-state index contributed by atoms with van der Waals surface area (Å²) in [6, 6.07) is 0.335. The largest absolute Gasteiger partial charge is 0.481 e. The van der Waals surface area contributed by atoms with E-state index in [1.54, 1.807) is 0 Å². The molecule has 0 aromatic rings. The standard InChI is InChI=1S/C22H34N4O8/c27-15(7-9-17(29)30)23-11-3-1-5-13-19-21(33-19)26-14(20-22(25-13)34-20)6-2-4-12-24-16(28)8-10-18(31)32/h7,9,13-14,19-22,25-26H,1-6,8,10-12H2,(H,23,27)(H,24,28)(H,29,30)(H,31,32). The van der Waals surface area contributed by atoms with E-state index in [-0.39, 0.29) is 55.5 Å². The number of aliphatic carboxylic acids is 2. The molecule has 3 aliphatic heterocycles. The quantitative estimate of drug-likeness (QED) is 0.101. The van der Waals surface area contributed by atoms with Crippen molar-refractivity contribution in [2.75, 3.05) is 13.1 Å². The van der Waals surface area contributed by atoms with Crippen LogP contribution in [0.5, 0.6) is 0 Å². The van der Waals surface area contributed by atoms with Crippen LogP contribution in [0.3, 0.4) is 0 Å². The molecule has 6 unspecified atom stereocenters. The number of carboxylic acids is 2. The predicted octanol–water partition coefficient (Wildman–Crippen LogP) is -0.555. The van der Waals surface area contributed by atoms with Crippen molar-refractivity contribution in [1.29, 1.82) is 0 Å². The minimum absolute atomic E-state index is 0.00310. The zero-order chi connectivity index (χ0) is 24.5. The van der Waals surface area contributed by atoms with E-state index in [4.69, 9.17) is 19.7 Å². The third-order valence-corrected chi connectivity index (χ3v) is 6.05. The molecule has 6 N–H and O–H groups in total. The smallest absolute Gasteiger partial charge is 0.328 e. The first-order valence-electron chi connectivity index (χ1n) is 11.8. The zero-order valence-electron chi connectivity index (χ0n) is 19.0. The van der Waals surface area contributed by atoms with Crippen LogP contribution in [-0.2, 0) is 28.7 Å². The molecule has 2 amide bonds. The molecule has 6 atom stereocenters. The van der Waals surface area contributed by atoms with Gasteiger partial charge in [-0.2, -0.15) is 0 Å². The first kappa shape index (κ1) is 26.1. The molecule has 190 valence electrons. The van der Waals surface area contributed by atoms with Crippen LogP contribution in [0.2, 0.25) is 0 Å². The number of epoxide rings is 2. The molecule has 3 rings (SSSR count). The first-order chi connectivity index (χ1) is 16.3. The lowest BCUT2D eigenvalue weighted by molar-refractivity contribution is -0.138. The minimum Gasteiger partial charge on any atom is -0.481 e. The number of amides is 2. The number of ether oxygens (including phenoxy) is 2. The average Bonchev–Trinajstić information content (AvgIpc) is 3.69. The molecule has 0 aliphatic carbocycles. The van der Waals surface area contributed by atoms with Crippen LogP contribution in [-0.4, -0.2) is 83.8 Å². The summed E-state index contributed by atoms with van der Waals surface area (Å²) in [6.45, 7) is 1.01. The number of nitrogens with one attached hydrogen (secondary N) is 4. The molecule has 0 aromatic carbocycles.